The number of hydrogen-bond donors (Lipinski definition) is 1. The van der Waals surface area contributed by atoms with Gasteiger partial charge in [0.25, 0.3) is 5.91 Å². The second-order valence-electron chi connectivity index (χ2n) is 7.08. The molecule has 0 aromatic heterocycles. The molecule has 2 fully saturated rings. The highest BCUT2D eigenvalue weighted by Gasteiger charge is 2.26. The lowest BCUT2D eigenvalue weighted by atomic mass is 10.1. The topological polar surface area (TPSA) is 79.1 Å². The normalized spacial score (nSPS) is 18.4. The molecule has 2 saturated heterocycles. The molecule has 2 aliphatic rings. The molecule has 1 aromatic rings. The van der Waals surface area contributed by atoms with Crippen LogP contribution in [-0.2, 0) is 4.79 Å². The molecule has 27 heavy (non-hydrogen) atoms. The lowest BCUT2D eigenvalue weighted by molar-refractivity contribution is -0.131. The van der Waals surface area contributed by atoms with Crippen LogP contribution in [0.25, 0.3) is 0 Å². The summed E-state index contributed by atoms with van der Waals surface area (Å²) >= 11 is 6.10. The molecular formula is C19H27ClN4O3. The fraction of sp³-hybridized carbons (Fsp3) is 0.579. The van der Waals surface area contributed by atoms with Crippen LogP contribution in [0.4, 0.5) is 5.69 Å². The molecule has 0 radical (unpaired) electrons. The van der Waals surface area contributed by atoms with Crippen LogP contribution in [0.1, 0.15) is 29.6 Å². The first-order chi connectivity index (χ1) is 13.0. The number of carbonyl (C=O) groups is 2. The Morgan fingerprint density at radius 3 is 2.44 bits per heavy atom. The lowest BCUT2D eigenvalue weighted by Crippen LogP contribution is -2.41. The van der Waals surface area contributed by atoms with Crippen molar-refractivity contribution in [2.45, 2.75) is 19.3 Å². The van der Waals surface area contributed by atoms with Gasteiger partial charge in [0, 0.05) is 45.3 Å². The number of ether oxygens (including phenoxy) is 1. The maximum atomic E-state index is 13.0. The molecular weight excluding hydrogens is 368 g/mol. The number of amides is 2. The van der Waals surface area contributed by atoms with E-state index in [1.54, 1.807) is 17.0 Å². The number of anilines is 1. The Morgan fingerprint density at radius 1 is 1.04 bits per heavy atom. The van der Waals surface area contributed by atoms with Gasteiger partial charge < -0.3 is 20.3 Å². The molecule has 2 heterocycles. The van der Waals surface area contributed by atoms with E-state index < -0.39 is 0 Å². The number of halogens is 1. The summed E-state index contributed by atoms with van der Waals surface area (Å²) in [5.74, 6) is 0.493. The highest BCUT2D eigenvalue weighted by Crippen LogP contribution is 2.30. The number of rotatable bonds is 4. The zero-order chi connectivity index (χ0) is 19.4. The number of benzene rings is 1. The van der Waals surface area contributed by atoms with Crippen LogP contribution in [-0.4, -0.2) is 79.4 Å². The van der Waals surface area contributed by atoms with Crippen molar-refractivity contribution in [2.24, 2.45) is 0 Å². The summed E-state index contributed by atoms with van der Waals surface area (Å²) in [5, 5.41) is 0.340. The zero-order valence-corrected chi connectivity index (χ0v) is 16.5. The van der Waals surface area contributed by atoms with Gasteiger partial charge in [-0.1, -0.05) is 11.6 Å². The van der Waals surface area contributed by atoms with Gasteiger partial charge in [-0.2, -0.15) is 0 Å². The van der Waals surface area contributed by atoms with Crippen LogP contribution in [0.2, 0.25) is 5.02 Å². The molecule has 0 saturated carbocycles. The third kappa shape index (κ3) is 4.65. The number of nitrogens with two attached hydrogens (primary N) is 1. The van der Waals surface area contributed by atoms with Crippen LogP contribution >= 0.6 is 11.6 Å². The van der Waals surface area contributed by atoms with Crippen LogP contribution in [0, 0.1) is 0 Å². The number of likely N-dealkylation sites (tertiary alicyclic amines) is 1. The fourth-order valence-electron chi connectivity index (χ4n) is 3.67. The van der Waals surface area contributed by atoms with E-state index in [1.807, 2.05) is 4.90 Å². The smallest absolute Gasteiger partial charge is 0.257 e. The SMILES string of the molecule is COc1cc(N)c(Cl)cc1C(=O)N1CCCN(CC(=O)N2CCCC2)CC1. The third-order valence-corrected chi connectivity index (χ3v) is 5.57. The average Bonchev–Trinajstić information content (AvgIpc) is 3.10. The Morgan fingerprint density at radius 2 is 1.74 bits per heavy atom. The first kappa shape index (κ1) is 19.8. The van der Waals surface area contributed by atoms with Gasteiger partial charge in [0.15, 0.2) is 0 Å². The maximum Gasteiger partial charge on any atom is 0.257 e. The summed E-state index contributed by atoms with van der Waals surface area (Å²) in [7, 11) is 1.51. The van der Waals surface area contributed by atoms with E-state index in [4.69, 9.17) is 22.1 Å². The molecule has 1 aromatic carbocycles. The van der Waals surface area contributed by atoms with E-state index in [0.29, 0.717) is 48.2 Å². The quantitative estimate of drug-likeness (QED) is 0.786. The molecule has 148 valence electrons. The minimum atomic E-state index is -0.124. The Kier molecular flexibility index (Phi) is 6.44. The van der Waals surface area contributed by atoms with E-state index in [1.165, 1.54) is 7.11 Å². The number of carbonyl (C=O) groups excluding carboxylic acids is 2. The average molecular weight is 395 g/mol. The zero-order valence-electron chi connectivity index (χ0n) is 15.7. The van der Waals surface area contributed by atoms with Crippen molar-refractivity contribution in [1.82, 2.24) is 14.7 Å². The first-order valence-electron chi connectivity index (χ1n) is 9.42. The van der Waals surface area contributed by atoms with Crippen LogP contribution < -0.4 is 10.5 Å². The van der Waals surface area contributed by atoms with Crippen molar-refractivity contribution in [2.75, 3.05) is 58.7 Å². The van der Waals surface area contributed by atoms with Gasteiger partial charge in [-0.25, -0.2) is 0 Å². The molecule has 8 heteroatoms. The molecule has 2 aliphatic heterocycles. The van der Waals surface area contributed by atoms with Gasteiger partial charge in [0.1, 0.15) is 5.75 Å². The number of nitrogen functional groups attached to an aromatic ring is 1. The molecule has 0 unspecified atom stereocenters. The predicted molar refractivity (Wildman–Crippen MR) is 105 cm³/mol. The van der Waals surface area contributed by atoms with Gasteiger partial charge in [0.2, 0.25) is 5.91 Å². The van der Waals surface area contributed by atoms with E-state index in [0.717, 1.165) is 38.9 Å². The second-order valence-corrected chi connectivity index (χ2v) is 7.49. The largest absolute Gasteiger partial charge is 0.496 e. The maximum absolute atomic E-state index is 13.0. The van der Waals surface area contributed by atoms with Gasteiger partial charge in [0.05, 0.1) is 29.9 Å². The number of hydrogen-bond acceptors (Lipinski definition) is 5. The summed E-state index contributed by atoms with van der Waals surface area (Å²) in [6, 6.07) is 3.14. The number of methoxy groups -OCH3 is 1. The Bertz CT molecular complexity index is 706. The molecule has 3 rings (SSSR count). The van der Waals surface area contributed by atoms with Gasteiger partial charge >= 0.3 is 0 Å². The van der Waals surface area contributed by atoms with E-state index >= 15 is 0 Å². The molecule has 0 aliphatic carbocycles. The van der Waals surface area contributed by atoms with E-state index in [9.17, 15) is 9.59 Å². The Labute approximate surface area is 165 Å². The van der Waals surface area contributed by atoms with E-state index in [-0.39, 0.29) is 11.8 Å². The van der Waals surface area contributed by atoms with Gasteiger partial charge in [-0.05, 0) is 25.3 Å². The fourth-order valence-corrected chi connectivity index (χ4v) is 3.83. The van der Waals surface area contributed by atoms with Gasteiger partial charge in [-0.3, -0.25) is 14.5 Å². The van der Waals surface area contributed by atoms with Crippen LogP contribution in [0.15, 0.2) is 12.1 Å². The number of nitrogens with zero attached hydrogens (tertiary/aromatic N) is 3. The van der Waals surface area contributed by atoms with Gasteiger partial charge in [-0.15, -0.1) is 0 Å². The van der Waals surface area contributed by atoms with Crippen molar-refractivity contribution < 1.29 is 14.3 Å². The van der Waals surface area contributed by atoms with Crippen molar-refractivity contribution >= 4 is 29.1 Å². The van der Waals surface area contributed by atoms with E-state index in [2.05, 4.69) is 4.90 Å². The molecule has 0 spiro atoms. The summed E-state index contributed by atoms with van der Waals surface area (Å²) in [4.78, 5) is 31.2. The third-order valence-electron chi connectivity index (χ3n) is 5.24. The van der Waals surface area contributed by atoms with Crippen molar-refractivity contribution in [3.05, 3.63) is 22.7 Å². The second kappa shape index (κ2) is 8.80. The minimum absolute atomic E-state index is 0.124. The molecule has 7 nitrogen and oxygen atoms in total. The summed E-state index contributed by atoms with van der Waals surface area (Å²) in [5.41, 5.74) is 6.60. The summed E-state index contributed by atoms with van der Waals surface area (Å²) < 4.78 is 5.31. The molecule has 2 amide bonds. The van der Waals surface area contributed by atoms with Crippen LogP contribution in [0.5, 0.6) is 5.75 Å². The highest BCUT2D eigenvalue weighted by atomic mass is 35.5. The summed E-state index contributed by atoms with van der Waals surface area (Å²) in [6.45, 7) is 4.86. The molecule has 0 bridgehead atoms. The Balaban J connectivity index is 1.63. The lowest BCUT2D eigenvalue weighted by Gasteiger charge is -2.24. The highest BCUT2D eigenvalue weighted by molar-refractivity contribution is 6.33. The van der Waals surface area contributed by atoms with Crippen LogP contribution in [0.3, 0.4) is 0 Å². The summed E-state index contributed by atoms with van der Waals surface area (Å²) in [6.07, 6.45) is 3.02. The predicted octanol–water partition coefficient (Wildman–Crippen LogP) is 1.70. The minimum Gasteiger partial charge on any atom is -0.496 e. The monoisotopic (exact) mass is 394 g/mol. The van der Waals surface area contributed by atoms with Crippen molar-refractivity contribution in [3.63, 3.8) is 0 Å². The van der Waals surface area contributed by atoms with Crippen molar-refractivity contribution in [1.29, 1.82) is 0 Å². The Hall–Kier alpha value is -1.99. The first-order valence-corrected chi connectivity index (χ1v) is 9.80. The van der Waals surface area contributed by atoms with Crippen molar-refractivity contribution in [3.8, 4) is 5.75 Å². The molecule has 0 atom stereocenters. The standard InChI is InChI=1S/C19H27ClN4O3/c1-27-17-12-16(21)15(20)11-14(17)19(26)24-8-4-5-22(9-10-24)13-18(25)23-6-2-3-7-23/h11-12H,2-10,13,21H2,1H3. The molecule has 2 N–H and O–H groups in total.